The van der Waals surface area contributed by atoms with Crippen LogP contribution in [0.3, 0.4) is 0 Å². The van der Waals surface area contributed by atoms with Crippen LogP contribution >= 0.6 is 0 Å². The zero-order valence-electron chi connectivity index (χ0n) is 13.8. The highest BCUT2D eigenvalue weighted by molar-refractivity contribution is 5.79. The summed E-state index contributed by atoms with van der Waals surface area (Å²) in [6.07, 6.45) is 8.59. The summed E-state index contributed by atoms with van der Waals surface area (Å²) in [6, 6.07) is 0. The van der Waals surface area contributed by atoms with Crippen molar-refractivity contribution in [2.75, 3.05) is 46.8 Å². The second kappa shape index (κ2) is 6.25. The molecule has 1 amide bonds. The Labute approximate surface area is 129 Å². The number of hydrogen-bond acceptors (Lipinski definition) is 3. The van der Waals surface area contributed by atoms with Gasteiger partial charge in [-0.25, -0.2) is 0 Å². The van der Waals surface area contributed by atoms with E-state index in [1.807, 2.05) is 0 Å². The lowest BCUT2D eigenvalue weighted by molar-refractivity contribution is -0.140. The van der Waals surface area contributed by atoms with Gasteiger partial charge in [-0.15, -0.1) is 0 Å². The van der Waals surface area contributed by atoms with Gasteiger partial charge in [0.2, 0.25) is 5.91 Å². The molecule has 1 aliphatic carbocycles. The molecular formula is C17H31N3O. The lowest BCUT2D eigenvalue weighted by Gasteiger charge is -2.46. The third-order valence-corrected chi connectivity index (χ3v) is 6.02. The van der Waals surface area contributed by atoms with E-state index in [1.54, 1.807) is 0 Å². The second-order valence-electron chi connectivity index (χ2n) is 7.57. The third-order valence-electron chi connectivity index (χ3n) is 6.02. The molecule has 3 aliphatic rings. The summed E-state index contributed by atoms with van der Waals surface area (Å²) < 4.78 is 0. The van der Waals surface area contributed by atoms with Crippen LogP contribution in [-0.4, -0.2) is 73.0 Å². The Morgan fingerprint density at radius 3 is 2.38 bits per heavy atom. The third kappa shape index (κ3) is 3.11. The normalized spacial score (nSPS) is 26.5. The number of likely N-dealkylation sites (tertiary alicyclic amines) is 2. The Morgan fingerprint density at radius 2 is 1.81 bits per heavy atom. The van der Waals surface area contributed by atoms with Crippen LogP contribution in [0.2, 0.25) is 0 Å². The Morgan fingerprint density at radius 1 is 1.10 bits per heavy atom. The molecule has 0 aromatic carbocycles. The number of carbonyl (C=O) groups is 1. The van der Waals surface area contributed by atoms with Crippen molar-refractivity contribution in [2.24, 2.45) is 5.92 Å². The molecule has 0 bridgehead atoms. The molecule has 2 aliphatic heterocycles. The maximum atomic E-state index is 12.4. The van der Waals surface area contributed by atoms with Crippen LogP contribution in [0, 0.1) is 5.92 Å². The SMILES string of the molecule is CN(C)CCN1CCCC12CCN(C(=O)C1CCC1)CC2. The van der Waals surface area contributed by atoms with Gasteiger partial charge in [0.05, 0.1) is 0 Å². The molecule has 0 atom stereocenters. The minimum absolute atomic E-state index is 0.368. The van der Waals surface area contributed by atoms with Crippen molar-refractivity contribution in [3.8, 4) is 0 Å². The molecule has 0 aromatic heterocycles. The fourth-order valence-corrected chi connectivity index (χ4v) is 4.29. The van der Waals surface area contributed by atoms with Gasteiger partial charge in [0.15, 0.2) is 0 Å². The Balaban J connectivity index is 1.54. The van der Waals surface area contributed by atoms with E-state index in [0.717, 1.165) is 32.5 Å². The fraction of sp³-hybridized carbons (Fsp3) is 0.941. The molecule has 2 heterocycles. The minimum Gasteiger partial charge on any atom is -0.342 e. The lowest BCUT2D eigenvalue weighted by Crippen LogP contribution is -2.55. The maximum absolute atomic E-state index is 12.4. The van der Waals surface area contributed by atoms with Gasteiger partial charge in [0.25, 0.3) is 0 Å². The first-order chi connectivity index (χ1) is 10.1. The smallest absolute Gasteiger partial charge is 0.225 e. The first kappa shape index (κ1) is 15.3. The molecule has 0 radical (unpaired) electrons. The summed E-state index contributed by atoms with van der Waals surface area (Å²) in [7, 11) is 4.31. The molecule has 3 rings (SSSR count). The van der Waals surface area contributed by atoms with Gasteiger partial charge in [-0.1, -0.05) is 6.42 Å². The zero-order valence-corrected chi connectivity index (χ0v) is 13.8. The van der Waals surface area contributed by atoms with Crippen molar-refractivity contribution in [2.45, 2.75) is 50.5 Å². The van der Waals surface area contributed by atoms with E-state index >= 15 is 0 Å². The summed E-state index contributed by atoms with van der Waals surface area (Å²) in [5, 5.41) is 0. The van der Waals surface area contributed by atoms with Crippen LogP contribution < -0.4 is 0 Å². The van der Waals surface area contributed by atoms with Gasteiger partial charge in [-0.3, -0.25) is 9.69 Å². The van der Waals surface area contributed by atoms with E-state index in [4.69, 9.17) is 0 Å². The monoisotopic (exact) mass is 293 g/mol. The van der Waals surface area contributed by atoms with Crippen LogP contribution in [-0.2, 0) is 4.79 Å². The number of amides is 1. The minimum atomic E-state index is 0.368. The van der Waals surface area contributed by atoms with Gasteiger partial charge < -0.3 is 9.80 Å². The summed E-state index contributed by atoms with van der Waals surface area (Å²) in [5.74, 6) is 0.821. The van der Waals surface area contributed by atoms with E-state index in [1.165, 1.54) is 45.2 Å². The molecule has 1 spiro atoms. The average molecular weight is 293 g/mol. The van der Waals surface area contributed by atoms with Crippen molar-refractivity contribution < 1.29 is 4.79 Å². The Kier molecular flexibility index (Phi) is 4.55. The number of hydrogen-bond donors (Lipinski definition) is 0. The number of rotatable bonds is 4. The van der Waals surface area contributed by atoms with Crippen molar-refractivity contribution >= 4 is 5.91 Å². The second-order valence-corrected chi connectivity index (χ2v) is 7.57. The number of likely N-dealkylation sites (N-methyl/N-ethyl adjacent to an activating group) is 1. The van der Waals surface area contributed by atoms with E-state index in [9.17, 15) is 4.79 Å². The Bertz CT molecular complexity index is 370. The summed E-state index contributed by atoms with van der Waals surface area (Å²) >= 11 is 0. The van der Waals surface area contributed by atoms with Gasteiger partial charge in [0, 0.05) is 37.6 Å². The van der Waals surface area contributed by atoms with Gasteiger partial charge in [0.1, 0.15) is 0 Å². The highest BCUT2D eigenvalue weighted by atomic mass is 16.2. The topological polar surface area (TPSA) is 26.8 Å². The van der Waals surface area contributed by atoms with Crippen molar-refractivity contribution in [3.63, 3.8) is 0 Å². The van der Waals surface area contributed by atoms with Crippen LogP contribution in [0.1, 0.15) is 44.9 Å². The van der Waals surface area contributed by atoms with Gasteiger partial charge in [-0.05, 0) is 59.2 Å². The molecule has 1 saturated carbocycles. The van der Waals surface area contributed by atoms with Crippen molar-refractivity contribution in [1.82, 2.24) is 14.7 Å². The molecule has 2 saturated heterocycles. The number of nitrogens with zero attached hydrogens (tertiary/aromatic N) is 3. The molecule has 21 heavy (non-hydrogen) atoms. The molecule has 4 heteroatoms. The predicted molar refractivity (Wildman–Crippen MR) is 85.2 cm³/mol. The van der Waals surface area contributed by atoms with Crippen LogP contribution in [0.15, 0.2) is 0 Å². The summed E-state index contributed by atoms with van der Waals surface area (Å²) in [5.41, 5.74) is 0.409. The van der Waals surface area contributed by atoms with E-state index in [-0.39, 0.29) is 0 Å². The summed E-state index contributed by atoms with van der Waals surface area (Å²) in [6.45, 7) is 5.57. The van der Waals surface area contributed by atoms with E-state index in [0.29, 0.717) is 17.4 Å². The first-order valence-corrected chi connectivity index (χ1v) is 8.79. The average Bonchev–Trinajstić information content (AvgIpc) is 2.78. The quantitative estimate of drug-likeness (QED) is 0.791. The molecular weight excluding hydrogens is 262 g/mol. The molecule has 4 nitrogen and oxygen atoms in total. The first-order valence-electron chi connectivity index (χ1n) is 8.79. The predicted octanol–water partition coefficient (Wildman–Crippen LogP) is 1.81. The number of carbonyl (C=O) groups excluding carboxylic acids is 1. The van der Waals surface area contributed by atoms with E-state index in [2.05, 4.69) is 28.8 Å². The van der Waals surface area contributed by atoms with Crippen LogP contribution in [0.5, 0.6) is 0 Å². The van der Waals surface area contributed by atoms with Crippen molar-refractivity contribution in [3.05, 3.63) is 0 Å². The Hall–Kier alpha value is -0.610. The zero-order chi connectivity index (χ0) is 14.9. The van der Waals surface area contributed by atoms with Crippen LogP contribution in [0.4, 0.5) is 0 Å². The lowest BCUT2D eigenvalue weighted by atomic mass is 9.81. The van der Waals surface area contributed by atoms with Gasteiger partial charge >= 0.3 is 0 Å². The standard InChI is InChI=1S/C17H31N3O/c1-18(2)13-14-20-10-4-7-17(20)8-11-19(12-9-17)16(21)15-5-3-6-15/h15H,3-14H2,1-2H3. The highest BCUT2D eigenvalue weighted by Gasteiger charge is 2.44. The number of piperidine rings is 1. The molecule has 120 valence electrons. The summed E-state index contributed by atoms with van der Waals surface area (Å²) in [4.78, 5) is 19.5. The van der Waals surface area contributed by atoms with Gasteiger partial charge in [-0.2, -0.15) is 0 Å². The largest absolute Gasteiger partial charge is 0.342 e. The van der Waals surface area contributed by atoms with E-state index < -0.39 is 0 Å². The van der Waals surface area contributed by atoms with Crippen LogP contribution in [0.25, 0.3) is 0 Å². The van der Waals surface area contributed by atoms with Crippen molar-refractivity contribution in [1.29, 1.82) is 0 Å². The molecule has 3 fully saturated rings. The highest BCUT2D eigenvalue weighted by Crippen LogP contribution is 2.39. The molecule has 0 unspecified atom stereocenters. The fourth-order valence-electron chi connectivity index (χ4n) is 4.29. The molecule has 0 N–H and O–H groups in total. The maximum Gasteiger partial charge on any atom is 0.225 e. The molecule has 0 aromatic rings.